The molecule has 0 N–H and O–H groups in total. The highest BCUT2D eigenvalue weighted by molar-refractivity contribution is 6.39. The highest BCUT2D eigenvalue weighted by atomic mass is 16.5. The summed E-state index contributed by atoms with van der Waals surface area (Å²) < 4.78 is 4.94. The van der Waals surface area contributed by atoms with Gasteiger partial charge in [0.1, 0.15) is 0 Å². The molecule has 0 atom stereocenters. The lowest BCUT2D eigenvalue weighted by atomic mass is 9.79. The molecule has 2 aromatic rings. The summed E-state index contributed by atoms with van der Waals surface area (Å²) in [6.45, 7) is 5.47. The molecule has 0 saturated heterocycles. The summed E-state index contributed by atoms with van der Waals surface area (Å²) in [6.07, 6.45) is -0.418. The van der Waals surface area contributed by atoms with E-state index >= 15 is 0 Å². The van der Waals surface area contributed by atoms with Crippen LogP contribution in [0.2, 0.25) is 0 Å². The van der Waals surface area contributed by atoms with Crippen LogP contribution in [0.25, 0.3) is 0 Å². The van der Waals surface area contributed by atoms with E-state index in [-0.39, 0.29) is 28.9 Å². The average Bonchev–Trinajstić information content (AvgIpc) is 2.66. The summed E-state index contributed by atoms with van der Waals surface area (Å²) in [6, 6.07) is 11.6. The maximum Gasteiger partial charge on any atom is 0.310 e. The number of hydrogen-bond acceptors (Lipinski definition) is 5. The molecule has 1 aliphatic rings. The Balaban J connectivity index is 2.18. The summed E-state index contributed by atoms with van der Waals surface area (Å²) in [5.41, 5.74) is 2.04. The lowest BCUT2D eigenvalue weighted by Crippen LogP contribution is -2.28. The van der Waals surface area contributed by atoms with E-state index in [1.807, 2.05) is 13.0 Å². The van der Waals surface area contributed by atoms with Crippen LogP contribution < -0.4 is 0 Å². The Morgan fingerprint density at radius 2 is 1.57 bits per heavy atom. The molecule has 0 bridgehead atoms. The minimum Gasteiger partial charge on any atom is -0.466 e. The molecule has 2 aromatic carbocycles. The van der Waals surface area contributed by atoms with Crippen LogP contribution in [-0.4, -0.2) is 29.9 Å². The third-order valence-corrected chi connectivity index (χ3v) is 4.70. The molecule has 142 valence electrons. The van der Waals surface area contributed by atoms with Crippen molar-refractivity contribution in [3.63, 3.8) is 0 Å². The first-order chi connectivity index (χ1) is 13.3. The number of carbonyl (C=O) groups excluding carboxylic acids is 4. The summed E-state index contributed by atoms with van der Waals surface area (Å²) in [5.74, 6) is -2.23. The predicted molar refractivity (Wildman–Crippen MR) is 104 cm³/mol. The van der Waals surface area contributed by atoms with Gasteiger partial charge in [-0.25, -0.2) is 0 Å². The summed E-state index contributed by atoms with van der Waals surface area (Å²) in [7, 11) is 0. The van der Waals surface area contributed by atoms with E-state index in [0.29, 0.717) is 11.1 Å². The Hall–Kier alpha value is -3.34. The van der Waals surface area contributed by atoms with Gasteiger partial charge in [0.15, 0.2) is 17.3 Å². The van der Waals surface area contributed by atoms with Crippen molar-refractivity contribution in [1.29, 1.82) is 0 Å². The zero-order valence-electron chi connectivity index (χ0n) is 16.0. The van der Waals surface area contributed by atoms with Crippen molar-refractivity contribution in [2.45, 2.75) is 27.2 Å². The SMILES string of the molecule is CCOC(=O)CC1=C(C(=O)c2ccc(C)cc2C)C(=O)c2ccccc2C1=O. The molecule has 0 saturated carbocycles. The van der Waals surface area contributed by atoms with E-state index in [1.165, 1.54) is 12.1 Å². The molecule has 1 aliphatic carbocycles. The highest BCUT2D eigenvalue weighted by Crippen LogP contribution is 2.31. The van der Waals surface area contributed by atoms with Gasteiger partial charge in [-0.3, -0.25) is 19.2 Å². The van der Waals surface area contributed by atoms with Gasteiger partial charge in [-0.2, -0.15) is 0 Å². The van der Waals surface area contributed by atoms with Crippen LogP contribution in [0.3, 0.4) is 0 Å². The van der Waals surface area contributed by atoms with Gasteiger partial charge in [0.05, 0.1) is 18.6 Å². The van der Waals surface area contributed by atoms with Crippen molar-refractivity contribution in [3.8, 4) is 0 Å². The van der Waals surface area contributed by atoms with E-state index in [1.54, 1.807) is 38.1 Å². The third-order valence-electron chi connectivity index (χ3n) is 4.70. The Kier molecular flexibility index (Phi) is 5.36. The van der Waals surface area contributed by atoms with Gasteiger partial charge < -0.3 is 4.74 Å². The lowest BCUT2D eigenvalue weighted by molar-refractivity contribution is -0.142. The molecule has 0 aromatic heterocycles. The van der Waals surface area contributed by atoms with Crippen molar-refractivity contribution < 1.29 is 23.9 Å². The number of fused-ring (bicyclic) bond motifs is 1. The Labute approximate surface area is 163 Å². The lowest BCUT2D eigenvalue weighted by Gasteiger charge is -2.20. The number of carbonyl (C=O) groups is 4. The van der Waals surface area contributed by atoms with Gasteiger partial charge in [-0.05, 0) is 26.3 Å². The van der Waals surface area contributed by atoms with E-state index < -0.39 is 29.7 Å². The second-order valence-electron chi connectivity index (χ2n) is 6.69. The molecule has 0 fully saturated rings. The number of aryl methyl sites for hydroxylation is 2. The monoisotopic (exact) mass is 376 g/mol. The highest BCUT2D eigenvalue weighted by Gasteiger charge is 2.37. The van der Waals surface area contributed by atoms with Crippen LogP contribution >= 0.6 is 0 Å². The topological polar surface area (TPSA) is 77.5 Å². The minimum atomic E-state index is -0.649. The van der Waals surface area contributed by atoms with Gasteiger partial charge in [-0.1, -0.05) is 48.0 Å². The molecule has 5 heteroatoms. The van der Waals surface area contributed by atoms with Crippen LogP contribution in [0, 0.1) is 13.8 Å². The fourth-order valence-corrected chi connectivity index (χ4v) is 3.40. The van der Waals surface area contributed by atoms with E-state index in [9.17, 15) is 19.2 Å². The van der Waals surface area contributed by atoms with Crippen LogP contribution in [0.4, 0.5) is 0 Å². The van der Waals surface area contributed by atoms with Crippen LogP contribution in [0.1, 0.15) is 55.5 Å². The first-order valence-electron chi connectivity index (χ1n) is 9.04. The molecule has 0 unspecified atom stereocenters. The first-order valence-corrected chi connectivity index (χ1v) is 9.04. The number of Topliss-reactive ketones (excluding diaryl/α,β-unsaturated/α-hetero) is 3. The number of esters is 1. The van der Waals surface area contributed by atoms with E-state index in [4.69, 9.17) is 4.74 Å². The average molecular weight is 376 g/mol. The quantitative estimate of drug-likeness (QED) is 0.450. The van der Waals surface area contributed by atoms with Gasteiger partial charge in [0.25, 0.3) is 0 Å². The number of ketones is 3. The molecule has 0 heterocycles. The molecular weight excluding hydrogens is 356 g/mol. The van der Waals surface area contributed by atoms with E-state index in [0.717, 1.165) is 5.56 Å². The largest absolute Gasteiger partial charge is 0.466 e. The summed E-state index contributed by atoms with van der Waals surface area (Å²) in [5, 5.41) is 0. The standard InChI is InChI=1S/C23H20O5/c1-4-28-19(24)12-18-20(22(26)15-10-9-13(2)11-14(15)3)23(27)17-8-6-5-7-16(17)21(18)25/h5-11H,4,12H2,1-3H3. The zero-order chi connectivity index (χ0) is 20.4. The van der Waals surface area contributed by atoms with Crippen LogP contribution in [0.15, 0.2) is 53.6 Å². The van der Waals surface area contributed by atoms with Gasteiger partial charge >= 0.3 is 5.97 Å². The smallest absolute Gasteiger partial charge is 0.310 e. The predicted octanol–water partition coefficient (Wildman–Crippen LogP) is 3.82. The second-order valence-corrected chi connectivity index (χ2v) is 6.69. The minimum absolute atomic E-state index is 0.105. The zero-order valence-corrected chi connectivity index (χ0v) is 16.0. The Morgan fingerprint density at radius 1 is 0.929 bits per heavy atom. The van der Waals surface area contributed by atoms with Crippen molar-refractivity contribution in [1.82, 2.24) is 0 Å². The summed E-state index contributed by atoms with van der Waals surface area (Å²) in [4.78, 5) is 51.5. The van der Waals surface area contributed by atoms with Crippen molar-refractivity contribution in [2.24, 2.45) is 0 Å². The molecule has 0 amide bonds. The third kappa shape index (κ3) is 3.43. The fraction of sp³-hybridized carbons (Fsp3) is 0.217. The number of rotatable bonds is 5. The maximum atomic E-state index is 13.3. The normalized spacial score (nSPS) is 13.4. The molecule has 3 rings (SSSR count). The molecule has 0 aliphatic heterocycles. The first kappa shape index (κ1) is 19.4. The van der Waals surface area contributed by atoms with Crippen LogP contribution in [0.5, 0.6) is 0 Å². The molecule has 0 spiro atoms. The number of allylic oxidation sites excluding steroid dienone is 1. The second kappa shape index (κ2) is 7.72. The van der Waals surface area contributed by atoms with Gasteiger partial charge in [0.2, 0.25) is 0 Å². The molecular formula is C23H20O5. The van der Waals surface area contributed by atoms with Crippen molar-refractivity contribution in [2.75, 3.05) is 6.61 Å². The molecule has 28 heavy (non-hydrogen) atoms. The molecule has 0 radical (unpaired) electrons. The van der Waals surface area contributed by atoms with Crippen LogP contribution in [-0.2, 0) is 9.53 Å². The van der Waals surface area contributed by atoms with E-state index in [2.05, 4.69) is 0 Å². The van der Waals surface area contributed by atoms with Crippen molar-refractivity contribution >= 4 is 23.3 Å². The number of ether oxygens (including phenoxy) is 1. The molecule has 5 nitrogen and oxygen atoms in total. The Morgan fingerprint density at radius 3 is 2.18 bits per heavy atom. The maximum absolute atomic E-state index is 13.3. The summed E-state index contributed by atoms with van der Waals surface area (Å²) >= 11 is 0. The van der Waals surface area contributed by atoms with Gasteiger partial charge in [0, 0.05) is 22.3 Å². The number of benzene rings is 2. The van der Waals surface area contributed by atoms with Gasteiger partial charge in [-0.15, -0.1) is 0 Å². The Bertz CT molecular complexity index is 1040. The van der Waals surface area contributed by atoms with Crippen molar-refractivity contribution in [3.05, 3.63) is 81.4 Å². The number of hydrogen-bond donors (Lipinski definition) is 0. The fourth-order valence-electron chi connectivity index (χ4n) is 3.40.